The van der Waals surface area contributed by atoms with Gasteiger partial charge in [0, 0.05) is 5.69 Å². The van der Waals surface area contributed by atoms with Gasteiger partial charge in [-0.2, -0.15) is 5.26 Å². The van der Waals surface area contributed by atoms with E-state index in [0.717, 1.165) is 5.56 Å². The SMILES string of the molecule is Cc1ccccc1NC(=O)/C(C#N)=C\c1cc(I)c(O)c(I)c1. The van der Waals surface area contributed by atoms with E-state index >= 15 is 0 Å². The van der Waals surface area contributed by atoms with Crippen molar-refractivity contribution in [2.24, 2.45) is 0 Å². The normalized spacial score (nSPS) is 11.0. The zero-order chi connectivity index (χ0) is 17.0. The molecule has 2 aromatic rings. The van der Waals surface area contributed by atoms with E-state index in [1.54, 1.807) is 18.2 Å². The number of hydrogen-bond acceptors (Lipinski definition) is 3. The maximum absolute atomic E-state index is 12.3. The molecule has 0 saturated carbocycles. The third-order valence-corrected chi connectivity index (χ3v) is 4.75. The van der Waals surface area contributed by atoms with E-state index in [-0.39, 0.29) is 11.3 Å². The van der Waals surface area contributed by atoms with Crippen LogP contribution in [0, 0.1) is 25.4 Å². The summed E-state index contributed by atoms with van der Waals surface area (Å²) in [6.07, 6.45) is 1.51. The van der Waals surface area contributed by atoms with Crippen molar-refractivity contribution in [3.8, 4) is 11.8 Å². The van der Waals surface area contributed by atoms with Gasteiger partial charge in [-0.05, 0) is 87.5 Å². The molecule has 0 fully saturated rings. The standard InChI is InChI=1S/C17H12I2N2O2/c1-10-4-2-3-5-15(10)21-17(23)12(9-20)6-11-7-13(18)16(22)14(19)8-11/h2-8,22H,1H3,(H,21,23)/b12-6-. The van der Waals surface area contributed by atoms with Crippen LogP contribution in [0.2, 0.25) is 0 Å². The van der Waals surface area contributed by atoms with Crippen molar-refractivity contribution in [3.63, 3.8) is 0 Å². The number of halogens is 2. The highest BCUT2D eigenvalue weighted by molar-refractivity contribution is 14.1. The van der Waals surface area contributed by atoms with Gasteiger partial charge in [0.1, 0.15) is 17.4 Å². The summed E-state index contributed by atoms with van der Waals surface area (Å²) in [4.78, 5) is 12.3. The molecule has 0 atom stereocenters. The molecule has 23 heavy (non-hydrogen) atoms. The number of phenolic OH excluding ortho intramolecular Hbond substituents is 1. The van der Waals surface area contributed by atoms with Gasteiger partial charge in [-0.15, -0.1) is 0 Å². The first-order valence-corrected chi connectivity index (χ1v) is 8.75. The van der Waals surface area contributed by atoms with Crippen molar-refractivity contribution in [1.82, 2.24) is 0 Å². The van der Waals surface area contributed by atoms with Crippen LogP contribution in [0.1, 0.15) is 11.1 Å². The molecule has 0 aliphatic heterocycles. The molecule has 2 rings (SSSR count). The number of nitriles is 1. The highest BCUT2D eigenvalue weighted by atomic mass is 127. The smallest absolute Gasteiger partial charge is 0.266 e. The Labute approximate surface area is 161 Å². The van der Waals surface area contributed by atoms with Gasteiger partial charge in [0.25, 0.3) is 5.91 Å². The van der Waals surface area contributed by atoms with Crippen molar-refractivity contribution in [3.05, 3.63) is 60.2 Å². The summed E-state index contributed by atoms with van der Waals surface area (Å²) < 4.78 is 1.33. The number of amides is 1. The molecule has 0 radical (unpaired) electrons. The average Bonchev–Trinajstić information content (AvgIpc) is 2.52. The highest BCUT2D eigenvalue weighted by Gasteiger charge is 2.12. The van der Waals surface area contributed by atoms with Gasteiger partial charge in [-0.25, -0.2) is 0 Å². The molecular weight excluding hydrogens is 518 g/mol. The molecule has 0 saturated heterocycles. The molecule has 0 bridgehead atoms. The van der Waals surface area contributed by atoms with Crippen LogP contribution in [0.4, 0.5) is 5.69 Å². The van der Waals surface area contributed by atoms with Gasteiger partial charge in [0.2, 0.25) is 0 Å². The zero-order valence-electron chi connectivity index (χ0n) is 12.1. The quantitative estimate of drug-likeness (QED) is 0.350. The molecule has 4 nitrogen and oxygen atoms in total. The van der Waals surface area contributed by atoms with Crippen LogP contribution in [0.3, 0.4) is 0 Å². The van der Waals surface area contributed by atoms with Crippen LogP contribution in [0.5, 0.6) is 5.75 Å². The molecule has 2 N–H and O–H groups in total. The monoisotopic (exact) mass is 530 g/mol. The molecule has 0 aliphatic rings. The van der Waals surface area contributed by atoms with Crippen LogP contribution >= 0.6 is 45.2 Å². The van der Waals surface area contributed by atoms with Crippen LogP contribution in [-0.4, -0.2) is 11.0 Å². The number of anilines is 1. The summed E-state index contributed by atoms with van der Waals surface area (Å²) in [5, 5.41) is 21.8. The van der Waals surface area contributed by atoms with Crippen molar-refractivity contribution in [2.75, 3.05) is 5.32 Å². The molecular formula is C17H12I2N2O2. The summed E-state index contributed by atoms with van der Waals surface area (Å²) in [5.74, 6) is -0.258. The second kappa shape index (κ2) is 7.79. The van der Waals surface area contributed by atoms with E-state index in [4.69, 9.17) is 0 Å². The summed E-state index contributed by atoms with van der Waals surface area (Å²) in [5.41, 5.74) is 2.29. The maximum Gasteiger partial charge on any atom is 0.266 e. The number of hydrogen-bond donors (Lipinski definition) is 2. The Hall–Kier alpha value is -1.60. The Morgan fingerprint density at radius 2 is 1.87 bits per heavy atom. The predicted octanol–water partition coefficient (Wildman–Crippen LogP) is 4.46. The van der Waals surface area contributed by atoms with Crippen LogP contribution in [0.15, 0.2) is 42.0 Å². The lowest BCUT2D eigenvalue weighted by Crippen LogP contribution is -2.14. The van der Waals surface area contributed by atoms with Crippen molar-refractivity contribution in [2.45, 2.75) is 6.92 Å². The number of nitrogens with one attached hydrogen (secondary N) is 1. The number of nitrogens with zero attached hydrogens (tertiary/aromatic N) is 1. The molecule has 6 heteroatoms. The van der Waals surface area contributed by atoms with Crippen molar-refractivity contribution in [1.29, 1.82) is 5.26 Å². The van der Waals surface area contributed by atoms with E-state index in [9.17, 15) is 15.2 Å². The number of carbonyl (C=O) groups is 1. The molecule has 1 amide bonds. The Morgan fingerprint density at radius 1 is 1.26 bits per heavy atom. The first kappa shape index (κ1) is 17.7. The molecule has 116 valence electrons. The van der Waals surface area contributed by atoms with Gasteiger partial charge in [-0.1, -0.05) is 18.2 Å². The Kier molecular flexibility index (Phi) is 6.01. The fourth-order valence-corrected chi connectivity index (χ4v) is 3.70. The molecule has 0 aliphatic carbocycles. The number of rotatable bonds is 3. The summed E-state index contributed by atoms with van der Waals surface area (Å²) >= 11 is 4.01. The minimum absolute atomic E-state index is 0.00513. The number of para-hydroxylation sites is 1. The average molecular weight is 530 g/mol. The minimum Gasteiger partial charge on any atom is -0.506 e. The third-order valence-electron chi connectivity index (χ3n) is 3.11. The highest BCUT2D eigenvalue weighted by Crippen LogP contribution is 2.28. The molecule has 0 spiro atoms. The summed E-state index contributed by atoms with van der Waals surface area (Å²) in [6.45, 7) is 1.88. The number of aromatic hydroxyl groups is 1. The number of carbonyl (C=O) groups excluding carboxylic acids is 1. The van der Waals surface area contributed by atoms with Gasteiger partial charge < -0.3 is 10.4 Å². The lowest BCUT2D eigenvalue weighted by Gasteiger charge is -2.07. The van der Waals surface area contributed by atoms with E-state index < -0.39 is 5.91 Å². The summed E-state index contributed by atoms with van der Waals surface area (Å²) in [7, 11) is 0. The predicted molar refractivity (Wildman–Crippen MR) is 107 cm³/mol. The Balaban J connectivity index is 2.31. The second-order valence-electron chi connectivity index (χ2n) is 4.77. The van der Waals surface area contributed by atoms with Crippen molar-refractivity contribution < 1.29 is 9.90 Å². The third kappa shape index (κ3) is 4.45. The molecule has 0 unspecified atom stereocenters. The van der Waals surface area contributed by atoms with E-state index in [1.165, 1.54) is 6.08 Å². The largest absolute Gasteiger partial charge is 0.506 e. The topological polar surface area (TPSA) is 73.1 Å². The van der Waals surface area contributed by atoms with Crippen molar-refractivity contribution >= 4 is 62.9 Å². The lowest BCUT2D eigenvalue weighted by molar-refractivity contribution is -0.112. The fourth-order valence-electron chi connectivity index (χ4n) is 1.89. The second-order valence-corrected chi connectivity index (χ2v) is 7.10. The Morgan fingerprint density at radius 3 is 2.43 bits per heavy atom. The first-order valence-electron chi connectivity index (χ1n) is 6.59. The first-order chi connectivity index (χ1) is 10.9. The lowest BCUT2D eigenvalue weighted by atomic mass is 10.1. The van der Waals surface area contributed by atoms with E-state index in [0.29, 0.717) is 18.4 Å². The zero-order valence-corrected chi connectivity index (χ0v) is 16.4. The Bertz CT molecular complexity index is 816. The van der Waals surface area contributed by atoms with Gasteiger partial charge >= 0.3 is 0 Å². The molecule has 2 aromatic carbocycles. The number of aryl methyl sites for hydroxylation is 1. The van der Waals surface area contributed by atoms with Crippen LogP contribution in [-0.2, 0) is 4.79 Å². The van der Waals surface area contributed by atoms with Crippen LogP contribution in [0.25, 0.3) is 6.08 Å². The molecule has 0 aromatic heterocycles. The number of phenols is 1. The molecule has 0 heterocycles. The van der Waals surface area contributed by atoms with E-state index in [1.807, 2.05) is 76.4 Å². The number of benzene rings is 2. The van der Waals surface area contributed by atoms with Gasteiger partial charge in [0.15, 0.2) is 0 Å². The van der Waals surface area contributed by atoms with Gasteiger partial charge in [0.05, 0.1) is 7.14 Å². The minimum atomic E-state index is -0.458. The van der Waals surface area contributed by atoms with E-state index in [2.05, 4.69) is 5.32 Å². The van der Waals surface area contributed by atoms with Crippen LogP contribution < -0.4 is 5.32 Å². The summed E-state index contributed by atoms with van der Waals surface area (Å²) in [6, 6.07) is 12.7. The van der Waals surface area contributed by atoms with Gasteiger partial charge in [-0.3, -0.25) is 4.79 Å². The fraction of sp³-hybridized carbons (Fsp3) is 0.0588. The maximum atomic E-state index is 12.3.